The number of hydrogen-bond acceptors (Lipinski definition) is 8. The van der Waals surface area contributed by atoms with E-state index in [-0.39, 0.29) is 34.3 Å². The van der Waals surface area contributed by atoms with Crippen molar-refractivity contribution in [3.8, 4) is 40.2 Å². The molecular weight excluding hydrogens is 404 g/mol. The van der Waals surface area contributed by atoms with Crippen molar-refractivity contribution in [1.29, 1.82) is 0 Å². The maximum Gasteiger partial charge on any atom is 0.336 e. The zero-order valence-electron chi connectivity index (χ0n) is 15.9. The summed E-state index contributed by atoms with van der Waals surface area (Å²) in [4.78, 5) is 12.1. The van der Waals surface area contributed by atoms with Crippen molar-refractivity contribution in [1.82, 2.24) is 0 Å². The van der Waals surface area contributed by atoms with Crippen molar-refractivity contribution >= 4 is 24.2 Å². The Bertz CT molecular complexity index is 1190. The minimum atomic E-state index is -0.827. The number of benzene rings is 3. The summed E-state index contributed by atoms with van der Waals surface area (Å²) >= 11 is 0. The van der Waals surface area contributed by atoms with E-state index in [1.54, 1.807) is 0 Å². The Morgan fingerprint density at radius 1 is 0.710 bits per heavy atom. The first-order chi connectivity index (χ1) is 14.7. The SMILES string of the molecule is O=C(/C=C/c1ccc(O)c(O)c1/C=C/c1ccc(O)c(O)c1)Oc1ccc(O)cc1O. The molecule has 0 atom stereocenters. The van der Waals surface area contributed by atoms with Crippen LogP contribution in [0.1, 0.15) is 16.7 Å². The summed E-state index contributed by atoms with van der Waals surface area (Å²) in [5.74, 6) is -2.97. The third-order valence-electron chi connectivity index (χ3n) is 4.22. The second kappa shape index (κ2) is 8.83. The van der Waals surface area contributed by atoms with Crippen LogP contribution in [0.3, 0.4) is 0 Å². The maximum absolute atomic E-state index is 12.1. The van der Waals surface area contributed by atoms with Gasteiger partial charge in [-0.05, 0) is 53.6 Å². The summed E-state index contributed by atoms with van der Waals surface area (Å²) in [5, 5.41) is 58.0. The Hall–Kier alpha value is -4.59. The van der Waals surface area contributed by atoms with E-state index in [1.807, 2.05) is 0 Å². The Kier molecular flexibility index (Phi) is 6.02. The Balaban J connectivity index is 1.85. The van der Waals surface area contributed by atoms with Gasteiger partial charge in [-0.25, -0.2) is 4.79 Å². The highest BCUT2D eigenvalue weighted by molar-refractivity contribution is 5.91. The van der Waals surface area contributed by atoms with Crippen LogP contribution in [0.15, 0.2) is 54.6 Å². The molecule has 0 aliphatic carbocycles. The molecule has 0 unspecified atom stereocenters. The molecule has 0 aliphatic rings. The molecule has 0 saturated heterocycles. The number of hydrogen-bond donors (Lipinski definition) is 6. The summed E-state index contributed by atoms with van der Waals surface area (Å²) in [7, 11) is 0. The monoisotopic (exact) mass is 422 g/mol. The third-order valence-corrected chi connectivity index (χ3v) is 4.22. The van der Waals surface area contributed by atoms with Crippen LogP contribution < -0.4 is 4.74 Å². The van der Waals surface area contributed by atoms with Gasteiger partial charge in [-0.2, -0.15) is 0 Å². The van der Waals surface area contributed by atoms with Gasteiger partial charge in [0, 0.05) is 17.7 Å². The molecule has 0 aliphatic heterocycles. The van der Waals surface area contributed by atoms with Gasteiger partial charge in [0.15, 0.2) is 34.5 Å². The van der Waals surface area contributed by atoms with Gasteiger partial charge in [0.25, 0.3) is 0 Å². The average Bonchev–Trinajstić information content (AvgIpc) is 2.72. The smallest absolute Gasteiger partial charge is 0.336 e. The van der Waals surface area contributed by atoms with Crippen molar-refractivity contribution in [2.24, 2.45) is 0 Å². The summed E-state index contributed by atoms with van der Waals surface area (Å²) in [6.45, 7) is 0. The molecule has 3 rings (SSSR count). The summed E-state index contributed by atoms with van der Waals surface area (Å²) in [6, 6.07) is 10.3. The molecule has 3 aromatic rings. The van der Waals surface area contributed by atoms with Gasteiger partial charge in [-0.3, -0.25) is 0 Å². The largest absolute Gasteiger partial charge is 0.508 e. The van der Waals surface area contributed by atoms with E-state index < -0.39 is 17.5 Å². The van der Waals surface area contributed by atoms with Crippen molar-refractivity contribution in [2.75, 3.05) is 0 Å². The molecule has 3 aromatic carbocycles. The minimum absolute atomic E-state index is 0.145. The molecular formula is C23H18O8. The summed E-state index contributed by atoms with van der Waals surface area (Å²) in [6.07, 6.45) is 5.38. The zero-order chi connectivity index (χ0) is 22.5. The first-order valence-electron chi connectivity index (χ1n) is 8.91. The predicted octanol–water partition coefficient (Wildman–Crippen LogP) is 3.71. The second-order valence-corrected chi connectivity index (χ2v) is 6.42. The minimum Gasteiger partial charge on any atom is -0.508 e. The van der Waals surface area contributed by atoms with Crippen molar-refractivity contribution in [3.05, 3.63) is 71.3 Å². The highest BCUT2D eigenvalue weighted by Gasteiger charge is 2.11. The van der Waals surface area contributed by atoms with Gasteiger partial charge < -0.3 is 35.4 Å². The number of phenols is 6. The molecule has 0 aromatic heterocycles. The molecule has 8 heteroatoms. The van der Waals surface area contributed by atoms with E-state index in [2.05, 4.69) is 0 Å². The summed E-state index contributed by atoms with van der Waals surface area (Å²) < 4.78 is 5.00. The van der Waals surface area contributed by atoms with Crippen LogP contribution in [0.4, 0.5) is 0 Å². The molecule has 0 spiro atoms. The fourth-order valence-corrected chi connectivity index (χ4v) is 2.65. The number of rotatable bonds is 5. The normalized spacial score (nSPS) is 11.2. The fraction of sp³-hybridized carbons (Fsp3) is 0. The van der Waals surface area contributed by atoms with Crippen molar-refractivity contribution < 1.29 is 40.2 Å². The van der Waals surface area contributed by atoms with E-state index >= 15 is 0 Å². The molecule has 0 amide bonds. The highest BCUT2D eigenvalue weighted by atomic mass is 16.5. The number of carbonyl (C=O) groups is 1. The lowest BCUT2D eigenvalue weighted by Crippen LogP contribution is -2.03. The molecule has 6 N–H and O–H groups in total. The quantitative estimate of drug-likeness (QED) is 0.120. The Morgan fingerprint density at radius 3 is 2.16 bits per heavy atom. The topological polar surface area (TPSA) is 148 Å². The zero-order valence-corrected chi connectivity index (χ0v) is 15.9. The lowest BCUT2D eigenvalue weighted by molar-refractivity contribution is -0.129. The first-order valence-corrected chi connectivity index (χ1v) is 8.91. The van der Waals surface area contributed by atoms with Crippen LogP contribution in [0.2, 0.25) is 0 Å². The van der Waals surface area contributed by atoms with Gasteiger partial charge in [0.2, 0.25) is 0 Å². The van der Waals surface area contributed by atoms with Crippen molar-refractivity contribution in [3.63, 3.8) is 0 Å². The number of carbonyl (C=O) groups excluding carboxylic acids is 1. The van der Waals surface area contributed by atoms with Gasteiger partial charge in [-0.15, -0.1) is 0 Å². The van der Waals surface area contributed by atoms with Gasteiger partial charge in [0.05, 0.1) is 0 Å². The standard InChI is InChI=1S/C23H18O8/c24-15-5-9-21(20(28)12-15)31-22(29)10-4-14-3-8-18(26)23(30)16(14)6-1-13-2-7-17(25)19(27)11-13/h1-12,24-28,30H/b6-1+,10-4+. The molecule has 8 nitrogen and oxygen atoms in total. The van der Waals surface area contributed by atoms with Gasteiger partial charge >= 0.3 is 5.97 Å². The molecule has 0 saturated carbocycles. The first kappa shape index (κ1) is 21.1. The highest BCUT2D eigenvalue weighted by Crippen LogP contribution is 2.34. The molecule has 158 valence electrons. The van der Waals surface area contributed by atoms with E-state index in [4.69, 9.17) is 4.74 Å². The molecule has 31 heavy (non-hydrogen) atoms. The molecule has 0 bridgehead atoms. The van der Waals surface area contributed by atoms with E-state index in [1.165, 1.54) is 60.7 Å². The second-order valence-electron chi connectivity index (χ2n) is 6.42. The lowest BCUT2D eigenvalue weighted by atomic mass is 10.0. The maximum atomic E-state index is 12.1. The average molecular weight is 422 g/mol. The van der Waals surface area contributed by atoms with Gasteiger partial charge in [-0.1, -0.05) is 18.2 Å². The van der Waals surface area contributed by atoms with E-state index in [0.717, 1.165) is 12.1 Å². The number of aromatic hydroxyl groups is 6. The third kappa shape index (κ3) is 5.07. The van der Waals surface area contributed by atoms with Crippen LogP contribution in [0.25, 0.3) is 18.2 Å². The van der Waals surface area contributed by atoms with Crippen molar-refractivity contribution in [2.45, 2.75) is 0 Å². The van der Waals surface area contributed by atoms with Gasteiger partial charge in [0.1, 0.15) is 5.75 Å². The number of esters is 1. The van der Waals surface area contributed by atoms with Crippen LogP contribution in [-0.4, -0.2) is 36.6 Å². The molecule has 0 fully saturated rings. The number of phenolic OH excluding ortho intramolecular Hbond substituents is 6. The van der Waals surface area contributed by atoms with Crippen LogP contribution in [0.5, 0.6) is 40.2 Å². The molecule has 0 radical (unpaired) electrons. The van der Waals surface area contributed by atoms with E-state index in [9.17, 15) is 35.4 Å². The lowest BCUT2D eigenvalue weighted by Gasteiger charge is -2.07. The van der Waals surface area contributed by atoms with Crippen LogP contribution >= 0.6 is 0 Å². The molecule has 0 heterocycles. The van der Waals surface area contributed by atoms with Crippen LogP contribution in [-0.2, 0) is 4.79 Å². The Morgan fingerprint density at radius 2 is 1.45 bits per heavy atom. The Labute approximate surface area is 176 Å². The van der Waals surface area contributed by atoms with E-state index in [0.29, 0.717) is 11.1 Å². The summed E-state index contributed by atoms with van der Waals surface area (Å²) in [5.41, 5.74) is 1.06. The van der Waals surface area contributed by atoms with Crippen LogP contribution in [0, 0.1) is 0 Å². The predicted molar refractivity (Wildman–Crippen MR) is 113 cm³/mol. The fourth-order valence-electron chi connectivity index (χ4n) is 2.65. The number of ether oxygens (including phenoxy) is 1.